The summed E-state index contributed by atoms with van der Waals surface area (Å²) in [5, 5.41) is 10.8. The minimum atomic E-state index is -0.622. The summed E-state index contributed by atoms with van der Waals surface area (Å²) >= 11 is 0. The van der Waals surface area contributed by atoms with Crippen LogP contribution < -0.4 is 0 Å². The summed E-state index contributed by atoms with van der Waals surface area (Å²) in [6.07, 6.45) is 2.89. The lowest BCUT2D eigenvalue weighted by Gasteiger charge is -2.03. The highest BCUT2D eigenvalue weighted by Crippen LogP contribution is 2.26. The standard InChI is InChI=1S/C12H9NO5/c1-17-12(14)10-4-9(8-2-3-18-7-8)5-11(6-10)13(15)16/h2-7H,1H3. The van der Waals surface area contributed by atoms with E-state index in [1.54, 1.807) is 6.07 Å². The molecule has 6 heteroatoms. The fourth-order valence-electron chi connectivity index (χ4n) is 1.55. The van der Waals surface area contributed by atoms with Gasteiger partial charge < -0.3 is 9.15 Å². The second kappa shape index (κ2) is 4.70. The first-order valence-corrected chi connectivity index (χ1v) is 5.02. The van der Waals surface area contributed by atoms with Gasteiger partial charge in [-0.3, -0.25) is 10.1 Å². The molecule has 0 aliphatic rings. The van der Waals surface area contributed by atoms with E-state index in [9.17, 15) is 14.9 Å². The maximum atomic E-state index is 11.4. The molecule has 2 rings (SSSR count). The van der Waals surface area contributed by atoms with Gasteiger partial charge in [0.05, 0.1) is 30.1 Å². The molecule has 6 nitrogen and oxygen atoms in total. The van der Waals surface area contributed by atoms with Gasteiger partial charge in [-0.1, -0.05) is 0 Å². The first-order valence-electron chi connectivity index (χ1n) is 5.02. The van der Waals surface area contributed by atoms with Gasteiger partial charge in [-0.25, -0.2) is 4.79 Å². The van der Waals surface area contributed by atoms with E-state index in [0.717, 1.165) is 0 Å². The van der Waals surface area contributed by atoms with E-state index >= 15 is 0 Å². The molecule has 18 heavy (non-hydrogen) atoms. The van der Waals surface area contributed by atoms with Crippen molar-refractivity contribution < 1.29 is 18.9 Å². The third-order valence-electron chi connectivity index (χ3n) is 2.40. The van der Waals surface area contributed by atoms with Gasteiger partial charge in [-0.2, -0.15) is 0 Å². The van der Waals surface area contributed by atoms with Gasteiger partial charge >= 0.3 is 5.97 Å². The zero-order chi connectivity index (χ0) is 13.1. The summed E-state index contributed by atoms with van der Waals surface area (Å²) in [5.74, 6) is -0.622. The maximum absolute atomic E-state index is 11.4. The SMILES string of the molecule is COC(=O)c1cc(-c2ccoc2)cc([N+](=O)[O-])c1. The van der Waals surface area contributed by atoms with Crippen LogP contribution in [0.4, 0.5) is 5.69 Å². The molecule has 0 atom stereocenters. The van der Waals surface area contributed by atoms with Crippen molar-refractivity contribution in [3.8, 4) is 11.1 Å². The van der Waals surface area contributed by atoms with Gasteiger partial charge in [0.2, 0.25) is 0 Å². The highest BCUT2D eigenvalue weighted by Gasteiger charge is 2.15. The van der Waals surface area contributed by atoms with E-state index < -0.39 is 10.9 Å². The van der Waals surface area contributed by atoms with E-state index in [1.807, 2.05) is 0 Å². The number of hydrogen-bond acceptors (Lipinski definition) is 5. The number of non-ortho nitro benzene ring substituents is 1. The third kappa shape index (κ3) is 2.22. The van der Waals surface area contributed by atoms with Crippen LogP contribution in [-0.2, 0) is 4.74 Å². The largest absolute Gasteiger partial charge is 0.472 e. The molecule has 0 aliphatic carbocycles. The topological polar surface area (TPSA) is 82.6 Å². The smallest absolute Gasteiger partial charge is 0.338 e. The van der Waals surface area contributed by atoms with E-state index in [1.165, 1.54) is 37.8 Å². The molecule has 92 valence electrons. The summed E-state index contributed by atoms with van der Waals surface area (Å²) in [4.78, 5) is 21.7. The van der Waals surface area contributed by atoms with Gasteiger partial charge in [-0.15, -0.1) is 0 Å². The number of nitro groups is 1. The molecule has 0 N–H and O–H groups in total. The van der Waals surface area contributed by atoms with Gasteiger partial charge in [0.15, 0.2) is 0 Å². The number of esters is 1. The Kier molecular flexibility index (Phi) is 3.09. The van der Waals surface area contributed by atoms with Gasteiger partial charge in [0.1, 0.15) is 0 Å². The van der Waals surface area contributed by atoms with E-state index in [2.05, 4.69) is 4.74 Å². The van der Waals surface area contributed by atoms with Gasteiger partial charge in [0.25, 0.3) is 5.69 Å². The fraction of sp³-hybridized carbons (Fsp3) is 0.0833. The average molecular weight is 247 g/mol. The minimum absolute atomic E-state index is 0.128. The summed E-state index contributed by atoms with van der Waals surface area (Å²) in [7, 11) is 1.22. The van der Waals surface area contributed by atoms with Crippen molar-refractivity contribution in [1.82, 2.24) is 0 Å². The van der Waals surface area contributed by atoms with Crippen LogP contribution >= 0.6 is 0 Å². The number of nitro benzene ring substituents is 1. The Balaban J connectivity index is 2.57. The van der Waals surface area contributed by atoms with Crippen molar-refractivity contribution in [1.29, 1.82) is 0 Å². The zero-order valence-corrected chi connectivity index (χ0v) is 9.45. The molecule has 0 fully saturated rings. The van der Waals surface area contributed by atoms with Crippen molar-refractivity contribution in [2.45, 2.75) is 0 Å². The van der Waals surface area contributed by atoms with Crippen LogP contribution in [0.2, 0.25) is 0 Å². The van der Waals surface area contributed by atoms with Gasteiger partial charge in [-0.05, 0) is 17.7 Å². The number of nitrogens with zero attached hydrogens (tertiary/aromatic N) is 1. The number of carbonyl (C=O) groups excluding carboxylic acids is 1. The quantitative estimate of drug-likeness (QED) is 0.473. The summed E-state index contributed by atoms with van der Waals surface area (Å²) in [6, 6.07) is 5.72. The molecule has 0 radical (unpaired) electrons. The molecule has 1 aromatic carbocycles. The van der Waals surface area contributed by atoms with Crippen LogP contribution in [0.1, 0.15) is 10.4 Å². The fourth-order valence-corrected chi connectivity index (χ4v) is 1.55. The molecule has 2 aromatic rings. The first kappa shape index (κ1) is 11.8. The molecule has 0 bridgehead atoms. The number of furan rings is 1. The Bertz CT molecular complexity index is 589. The van der Waals surface area contributed by atoms with Crippen LogP contribution in [0.5, 0.6) is 0 Å². The van der Waals surface area contributed by atoms with E-state index in [-0.39, 0.29) is 11.3 Å². The van der Waals surface area contributed by atoms with Crippen LogP contribution in [0.3, 0.4) is 0 Å². The lowest BCUT2D eigenvalue weighted by atomic mass is 10.0. The van der Waals surface area contributed by atoms with E-state index in [0.29, 0.717) is 11.1 Å². The highest BCUT2D eigenvalue weighted by molar-refractivity contribution is 5.92. The number of rotatable bonds is 3. The van der Waals surface area contributed by atoms with Gasteiger partial charge in [0, 0.05) is 17.7 Å². The minimum Gasteiger partial charge on any atom is -0.472 e. The van der Waals surface area contributed by atoms with E-state index in [4.69, 9.17) is 4.42 Å². The van der Waals surface area contributed by atoms with Crippen molar-refractivity contribution in [3.05, 3.63) is 52.5 Å². The Morgan fingerprint density at radius 2 is 2.11 bits per heavy atom. The molecular formula is C12H9NO5. The molecular weight excluding hydrogens is 238 g/mol. The number of benzene rings is 1. The lowest BCUT2D eigenvalue weighted by Crippen LogP contribution is -2.02. The Morgan fingerprint density at radius 1 is 1.33 bits per heavy atom. The lowest BCUT2D eigenvalue weighted by molar-refractivity contribution is -0.384. The number of ether oxygens (including phenoxy) is 1. The predicted molar refractivity (Wildman–Crippen MR) is 62.1 cm³/mol. The normalized spacial score (nSPS) is 10.1. The first-order chi connectivity index (χ1) is 8.61. The molecule has 0 saturated heterocycles. The average Bonchev–Trinajstić information content (AvgIpc) is 2.91. The van der Waals surface area contributed by atoms with Crippen molar-refractivity contribution in [2.24, 2.45) is 0 Å². The van der Waals surface area contributed by atoms with Crippen LogP contribution in [0.15, 0.2) is 41.2 Å². The second-order valence-electron chi connectivity index (χ2n) is 3.53. The number of hydrogen-bond donors (Lipinski definition) is 0. The van der Waals surface area contributed by atoms with Crippen molar-refractivity contribution >= 4 is 11.7 Å². The molecule has 0 saturated carbocycles. The Hall–Kier alpha value is -2.63. The molecule has 0 unspecified atom stereocenters. The number of carbonyl (C=O) groups is 1. The van der Waals surface area contributed by atoms with Crippen LogP contribution in [0, 0.1) is 10.1 Å². The molecule has 0 aliphatic heterocycles. The summed E-state index contributed by atoms with van der Waals surface area (Å²) < 4.78 is 9.47. The molecule has 1 heterocycles. The molecule has 0 amide bonds. The Labute approximate surface area is 102 Å². The molecule has 1 aromatic heterocycles. The third-order valence-corrected chi connectivity index (χ3v) is 2.40. The summed E-state index contributed by atoms with van der Waals surface area (Å²) in [5.41, 5.74) is 1.14. The monoisotopic (exact) mass is 247 g/mol. The van der Waals surface area contributed by atoms with Crippen LogP contribution in [0.25, 0.3) is 11.1 Å². The van der Waals surface area contributed by atoms with Crippen molar-refractivity contribution in [2.75, 3.05) is 7.11 Å². The van der Waals surface area contributed by atoms with Crippen LogP contribution in [-0.4, -0.2) is 18.0 Å². The molecule has 0 spiro atoms. The van der Waals surface area contributed by atoms with Crippen molar-refractivity contribution in [3.63, 3.8) is 0 Å². The zero-order valence-electron chi connectivity index (χ0n) is 9.45. The highest BCUT2D eigenvalue weighted by atomic mass is 16.6. The second-order valence-corrected chi connectivity index (χ2v) is 3.53. The Morgan fingerprint density at radius 3 is 2.67 bits per heavy atom. The predicted octanol–water partition coefficient (Wildman–Crippen LogP) is 2.64. The number of methoxy groups -OCH3 is 1. The maximum Gasteiger partial charge on any atom is 0.338 e. The summed E-state index contributed by atoms with van der Waals surface area (Å²) in [6.45, 7) is 0.